The Kier molecular flexibility index (Phi) is 5.51. The Morgan fingerprint density at radius 2 is 1.92 bits per heavy atom. The molecule has 24 heavy (non-hydrogen) atoms. The van der Waals surface area contributed by atoms with Crippen LogP contribution in [0.2, 0.25) is 0 Å². The van der Waals surface area contributed by atoms with Crippen LogP contribution in [0.25, 0.3) is 10.6 Å². The van der Waals surface area contributed by atoms with Gasteiger partial charge in [-0.3, -0.25) is 0 Å². The number of thiophene rings is 1. The fourth-order valence-electron chi connectivity index (χ4n) is 2.08. The molecule has 0 unspecified atom stereocenters. The van der Waals surface area contributed by atoms with Crippen LogP contribution in [-0.2, 0) is 16.4 Å². The van der Waals surface area contributed by atoms with Gasteiger partial charge in [-0.25, -0.2) is 18.1 Å². The average molecular weight is 443 g/mol. The highest BCUT2D eigenvalue weighted by Gasteiger charge is 2.16. The van der Waals surface area contributed by atoms with Gasteiger partial charge in [0, 0.05) is 23.9 Å². The van der Waals surface area contributed by atoms with E-state index in [2.05, 4.69) is 56.8 Å². The number of nitrogens with one attached hydrogen (secondary N) is 1. The minimum absolute atomic E-state index is 0.313. The van der Waals surface area contributed by atoms with Crippen molar-refractivity contribution >= 4 is 48.6 Å². The van der Waals surface area contributed by atoms with Gasteiger partial charge in [0.2, 0.25) is 10.0 Å². The zero-order valence-electron chi connectivity index (χ0n) is 12.8. The van der Waals surface area contributed by atoms with Crippen molar-refractivity contribution in [3.8, 4) is 10.6 Å². The van der Waals surface area contributed by atoms with Gasteiger partial charge in [-0.05, 0) is 35.0 Å². The third-order valence-electron chi connectivity index (χ3n) is 3.34. The molecule has 3 rings (SSSR count). The second kappa shape index (κ2) is 7.45. The lowest BCUT2D eigenvalue weighted by Crippen LogP contribution is -2.25. The molecule has 0 fully saturated rings. The summed E-state index contributed by atoms with van der Waals surface area (Å²) in [7, 11) is -3.45. The van der Waals surface area contributed by atoms with Crippen molar-refractivity contribution in [1.29, 1.82) is 0 Å². The molecule has 0 amide bonds. The summed E-state index contributed by atoms with van der Waals surface area (Å²) in [6.45, 7) is 2.38. The van der Waals surface area contributed by atoms with Crippen LogP contribution in [0.1, 0.15) is 11.3 Å². The quantitative estimate of drug-likeness (QED) is 0.612. The fraction of sp³-hybridized carbons (Fsp3) is 0.188. The average Bonchev–Trinajstić information content (AvgIpc) is 3.17. The minimum Gasteiger partial charge on any atom is -0.241 e. The second-order valence-electron chi connectivity index (χ2n) is 5.22. The standard InChI is InChI=1S/C16H15BrN2O2S3/c1-11-2-4-12(5-3-11)16-19-13(10-22-16)8-9-18-24(20,21)15-7-6-14(17)23-15/h2-7,10,18H,8-9H2,1H3. The van der Waals surface area contributed by atoms with Crippen LogP contribution >= 0.6 is 38.6 Å². The molecule has 0 aliphatic carbocycles. The minimum atomic E-state index is -3.45. The number of aryl methyl sites for hydroxylation is 1. The van der Waals surface area contributed by atoms with E-state index in [1.807, 2.05) is 5.38 Å². The number of halogens is 1. The maximum atomic E-state index is 12.2. The van der Waals surface area contributed by atoms with Crippen LogP contribution in [0.15, 0.2) is 49.8 Å². The molecule has 0 radical (unpaired) electrons. The molecule has 126 valence electrons. The van der Waals surface area contributed by atoms with Gasteiger partial charge in [0.15, 0.2) is 0 Å². The van der Waals surface area contributed by atoms with Gasteiger partial charge < -0.3 is 0 Å². The SMILES string of the molecule is Cc1ccc(-c2nc(CCNS(=O)(=O)c3ccc(Br)s3)cs2)cc1. The van der Waals surface area contributed by atoms with Crippen molar-refractivity contribution in [3.05, 3.63) is 56.8 Å². The Bertz CT molecular complexity index is 930. The summed E-state index contributed by atoms with van der Waals surface area (Å²) in [4.78, 5) is 4.59. The predicted octanol–water partition coefficient (Wildman–Crippen LogP) is 4.46. The Hall–Kier alpha value is -1.06. The van der Waals surface area contributed by atoms with Crippen molar-refractivity contribution in [2.45, 2.75) is 17.6 Å². The van der Waals surface area contributed by atoms with Crippen LogP contribution < -0.4 is 4.72 Å². The zero-order valence-corrected chi connectivity index (χ0v) is 16.9. The van der Waals surface area contributed by atoms with E-state index in [4.69, 9.17) is 0 Å². The monoisotopic (exact) mass is 442 g/mol. The number of hydrogen-bond acceptors (Lipinski definition) is 5. The van der Waals surface area contributed by atoms with E-state index < -0.39 is 10.0 Å². The molecule has 0 spiro atoms. The lowest BCUT2D eigenvalue weighted by Gasteiger charge is -2.03. The predicted molar refractivity (Wildman–Crippen MR) is 103 cm³/mol. The van der Waals surface area contributed by atoms with E-state index in [1.54, 1.807) is 23.5 Å². The molecule has 0 atom stereocenters. The largest absolute Gasteiger partial charge is 0.250 e. The topological polar surface area (TPSA) is 59.1 Å². The van der Waals surface area contributed by atoms with Crippen LogP contribution in [0, 0.1) is 6.92 Å². The Morgan fingerprint density at radius 1 is 1.17 bits per heavy atom. The van der Waals surface area contributed by atoms with Gasteiger partial charge in [-0.15, -0.1) is 22.7 Å². The molecule has 3 aromatic rings. The van der Waals surface area contributed by atoms with Crippen LogP contribution in [-0.4, -0.2) is 19.9 Å². The molecule has 0 saturated heterocycles. The highest BCUT2D eigenvalue weighted by molar-refractivity contribution is 9.11. The molecule has 1 N–H and O–H groups in total. The molecular weight excluding hydrogens is 428 g/mol. The van der Waals surface area contributed by atoms with Crippen molar-refractivity contribution in [1.82, 2.24) is 9.71 Å². The smallest absolute Gasteiger partial charge is 0.241 e. The van der Waals surface area contributed by atoms with Crippen LogP contribution in [0.5, 0.6) is 0 Å². The number of nitrogens with zero attached hydrogens (tertiary/aromatic N) is 1. The van der Waals surface area contributed by atoms with Crippen molar-refractivity contribution < 1.29 is 8.42 Å². The number of thiazole rings is 1. The van der Waals surface area contributed by atoms with Gasteiger partial charge in [0.05, 0.1) is 9.48 Å². The molecule has 0 bridgehead atoms. The summed E-state index contributed by atoms with van der Waals surface area (Å²) in [6, 6.07) is 11.5. The highest BCUT2D eigenvalue weighted by Crippen LogP contribution is 2.26. The first-order valence-electron chi connectivity index (χ1n) is 7.20. The molecule has 2 aromatic heterocycles. The van der Waals surface area contributed by atoms with Crippen molar-refractivity contribution in [2.24, 2.45) is 0 Å². The summed E-state index contributed by atoms with van der Waals surface area (Å²) in [5.41, 5.74) is 3.19. The van der Waals surface area contributed by atoms with E-state index in [1.165, 1.54) is 16.9 Å². The van der Waals surface area contributed by atoms with E-state index in [-0.39, 0.29) is 0 Å². The fourth-order valence-corrected chi connectivity index (χ4v) is 6.02. The molecular formula is C16H15BrN2O2S3. The number of benzene rings is 1. The summed E-state index contributed by atoms with van der Waals surface area (Å²) < 4.78 is 28.0. The number of sulfonamides is 1. The third-order valence-corrected chi connectivity index (χ3v) is 7.85. The summed E-state index contributed by atoms with van der Waals surface area (Å²) in [5.74, 6) is 0. The summed E-state index contributed by atoms with van der Waals surface area (Å²) in [5, 5.41) is 2.93. The molecule has 0 aliphatic rings. The summed E-state index contributed by atoms with van der Waals surface area (Å²) >= 11 is 6.05. The molecule has 2 heterocycles. The molecule has 0 saturated carbocycles. The molecule has 1 aromatic carbocycles. The van der Waals surface area contributed by atoms with Crippen LogP contribution in [0.3, 0.4) is 0 Å². The lowest BCUT2D eigenvalue weighted by atomic mass is 10.2. The number of hydrogen-bond donors (Lipinski definition) is 1. The first-order valence-corrected chi connectivity index (χ1v) is 11.2. The third kappa shape index (κ3) is 4.31. The Morgan fingerprint density at radius 3 is 2.58 bits per heavy atom. The molecule has 8 heteroatoms. The molecule has 4 nitrogen and oxygen atoms in total. The first-order chi connectivity index (χ1) is 11.4. The van der Waals surface area contributed by atoms with E-state index in [0.29, 0.717) is 17.2 Å². The number of aromatic nitrogens is 1. The van der Waals surface area contributed by atoms with E-state index in [9.17, 15) is 8.42 Å². The maximum absolute atomic E-state index is 12.2. The first kappa shape index (κ1) is 17.8. The van der Waals surface area contributed by atoms with Gasteiger partial charge >= 0.3 is 0 Å². The zero-order chi connectivity index (χ0) is 17.2. The normalized spacial score (nSPS) is 11.8. The second-order valence-corrected chi connectivity index (χ2v) is 10.5. The highest BCUT2D eigenvalue weighted by atomic mass is 79.9. The summed E-state index contributed by atoms with van der Waals surface area (Å²) in [6.07, 6.45) is 0.564. The van der Waals surface area contributed by atoms with Gasteiger partial charge in [0.25, 0.3) is 0 Å². The van der Waals surface area contributed by atoms with Gasteiger partial charge in [-0.2, -0.15) is 0 Å². The Balaban J connectivity index is 1.61. The van der Waals surface area contributed by atoms with Crippen molar-refractivity contribution in [2.75, 3.05) is 6.54 Å². The van der Waals surface area contributed by atoms with Crippen LogP contribution in [0.4, 0.5) is 0 Å². The lowest BCUT2D eigenvalue weighted by molar-refractivity contribution is 0.583. The van der Waals surface area contributed by atoms with E-state index in [0.717, 1.165) is 20.1 Å². The molecule has 0 aliphatic heterocycles. The van der Waals surface area contributed by atoms with Gasteiger partial charge in [-0.1, -0.05) is 29.8 Å². The van der Waals surface area contributed by atoms with Gasteiger partial charge in [0.1, 0.15) is 9.22 Å². The number of rotatable bonds is 6. The Labute approximate surface area is 157 Å². The van der Waals surface area contributed by atoms with Crippen molar-refractivity contribution in [3.63, 3.8) is 0 Å². The maximum Gasteiger partial charge on any atom is 0.250 e. The van der Waals surface area contributed by atoms with E-state index >= 15 is 0 Å².